The van der Waals surface area contributed by atoms with Crippen molar-refractivity contribution in [1.29, 1.82) is 0 Å². The Hall–Kier alpha value is -3.04. The van der Waals surface area contributed by atoms with Gasteiger partial charge in [0.15, 0.2) is 17.4 Å². The molecule has 2 N–H and O–H groups in total. The highest BCUT2D eigenvalue weighted by Gasteiger charge is 2.46. The summed E-state index contributed by atoms with van der Waals surface area (Å²) in [6, 6.07) is 11.4. The molecule has 0 spiro atoms. The summed E-state index contributed by atoms with van der Waals surface area (Å²) in [5, 5.41) is 10.4. The van der Waals surface area contributed by atoms with Gasteiger partial charge in [-0.3, -0.25) is 4.79 Å². The van der Waals surface area contributed by atoms with Gasteiger partial charge in [0, 0.05) is 38.6 Å². The van der Waals surface area contributed by atoms with Gasteiger partial charge in [-0.15, -0.1) is 0 Å². The maximum absolute atomic E-state index is 14.1. The molecule has 1 amide bonds. The van der Waals surface area contributed by atoms with Gasteiger partial charge in [0.1, 0.15) is 13.4 Å². The first-order valence-corrected chi connectivity index (χ1v) is 11.2. The largest absolute Gasteiger partial charge is 0.373 e. The molecule has 2 radical (unpaired) electrons. The van der Waals surface area contributed by atoms with Crippen LogP contribution in [0.1, 0.15) is 36.1 Å². The Morgan fingerprint density at radius 3 is 2.82 bits per heavy atom. The van der Waals surface area contributed by atoms with Crippen LogP contribution in [0, 0.1) is 11.6 Å². The number of hydrogen-bond donors (Lipinski definition) is 2. The van der Waals surface area contributed by atoms with E-state index in [-0.39, 0.29) is 5.91 Å². The van der Waals surface area contributed by atoms with E-state index in [1.54, 1.807) is 7.11 Å². The second kappa shape index (κ2) is 10.1. The van der Waals surface area contributed by atoms with Crippen molar-refractivity contribution in [2.75, 3.05) is 26.7 Å². The van der Waals surface area contributed by atoms with Crippen LogP contribution >= 0.6 is 0 Å². The van der Waals surface area contributed by atoms with Crippen molar-refractivity contribution in [3.8, 4) is 11.3 Å². The number of nitrogens with one attached hydrogen (secondary N) is 2. The lowest BCUT2D eigenvalue weighted by Crippen LogP contribution is -2.49. The molecule has 3 aromatic rings. The molecule has 34 heavy (non-hydrogen) atoms. The van der Waals surface area contributed by atoms with Crippen molar-refractivity contribution in [1.82, 2.24) is 15.8 Å². The minimum atomic E-state index is -0.965. The van der Waals surface area contributed by atoms with Crippen molar-refractivity contribution in [2.24, 2.45) is 0 Å². The molecule has 176 valence electrons. The van der Waals surface area contributed by atoms with E-state index in [0.29, 0.717) is 55.0 Å². The van der Waals surface area contributed by atoms with E-state index in [9.17, 15) is 13.6 Å². The average Bonchev–Trinajstić information content (AvgIpc) is 3.21. The first-order chi connectivity index (χ1) is 16.4. The fraction of sp³-hybridized carbons (Fsp3) is 0.360. The molecule has 0 unspecified atom stereocenters. The zero-order valence-electron chi connectivity index (χ0n) is 19.2. The molecule has 1 aromatic heterocycles. The predicted molar refractivity (Wildman–Crippen MR) is 125 cm³/mol. The number of carbonyl (C=O) groups excluding carboxylic acids is 1. The number of piperidine rings is 1. The van der Waals surface area contributed by atoms with Crippen molar-refractivity contribution < 1.29 is 22.8 Å². The highest BCUT2D eigenvalue weighted by atomic mass is 19.2. The van der Waals surface area contributed by atoms with E-state index >= 15 is 0 Å². The van der Waals surface area contributed by atoms with Gasteiger partial charge in [-0.2, -0.15) is 0 Å². The van der Waals surface area contributed by atoms with Crippen LogP contribution < -0.4 is 16.1 Å². The van der Waals surface area contributed by atoms with Crippen LogP contribution in [0.2, 0.25) is 0 Å². The van der Waals surface area contributed by atoms with Gasteiger partial charge in [0.2, 0.25) is 5.91 Å². The minimum Gasteiger partial charge on any atom is -0.373 e. The second-order valence-electron chi connectivity index (χ2n) is 8.43. The Morgan fingerprint density at radius 1 is 1.29 bits per heavy atom. The number of rotatable bonds is 7. The number of halogens is 2. The van der Waals surface area contributed by atoms with Crippen molar-refractivity contribution in [3.63, 3.8) is 0 Å². The normalized spacial score (nSPS) is 20.3. The van der Waals surface area contributed by atoms with Crippen molar-refractivity contribution >= 4 is 19.2 Å². The number of ether oxygens (including phenoxy) is 1. The lowest BCUT2D eigenvalue weighted by molar-refractivity contribution is -0.118. The average molecular weight is 465 g/mol. The third-order valence-corrected chi connectivity index (χ3v) is 6.47. The van der Waals surface area contributed by atoms with Crippen LogP contribution in [0.25, 0.3) is 11.3 Å². The second-order valence-corrected chi connectivity index (χ2v) is 8.43. The number of benzene rings is 2. The number of nitrogens with zero attached hydrogens (tertiary/aromatic N) is 1. The van der Waals surface area contributed by atoms with E-state index in [1.165, 1.54) is 19.1 Å². The molecule has 2 atom stereocenters. The standard InChI is InChI=1S/C25H26BF2N3O3/c1-15(32)30-11-9-16-5-3-4-6-18(16)24-22(26)23(31-34-24)19-14-29-12-10-25(19,33-2)17-7-8-20(27)21(28)13-17/h3-8,13,19,29H,9-12,14H2,1-2H3,(H,30,32)/t19-,25+/m1/s1. The lowest BCUT2D eigenvalue weighted by atomic mass is 9.71. The Morgan fingerprint density at radius 2 is 2.09 bits per heavy atom. The summed E-state index contributed by atoms with van der Waals surface area (Å²) < 4.78 is 39.5. The third-order valence-electron chi connectivity index (χ3n) is 6.47. The summed E-state index contributed by atoms with van der Waals surface area (Å²) >= 11 is 0. The molecule has 1 saturated heterocycles. The number of methoxy groups -OCH3 is 1. The molecule has 1 aliphatic rings. The number of hydrogen-bond acceptors (Lipinski definition) is 5. The van der Waals surface area contributed by atoms with Crippen LogP contribution in [0.4, 0.5) is 8.78 Å². The van der Waals surface area contributed by atoms with Crippen molar-refractivity contribution in [3.05, 3.63) is 70.9 Å². The Kier molecular flexibility index (Phi) is 7.14. The first-order valence-electron chi connectivity index (χ1n) is 11.2. The van der Waals surface area contributed by atoms with E-state index in [0.717, 1.165) is 17.2 Å². The lowest BCUT2D eigenvalue weighted by Gasteiger charge is -2.43. The smallest absolute Gasteiger partial charge is 0.216 e. The molecule has 9 heteroatoms. The Balaban J connectivity index is 1.73. The highest BCUT2D eigenvalue weighted by molar-refractivity contribution is 6.36. The van der Waals surface area contributed by atoms with Gasteiger partial charge >= 0.3 is 0 Å². The maximum atomic E-state index is 14.1. The summed E-state index contributed by atoms with van der Waals surface area (Å²) in [7, 11) is 8.13. The van der Waals surface area contributed by atoms with Crippen molar-refractivity contribution in [2.45, 2.75) is 31.3 Å². The number of amides is 1. The van der Waals surface area contributed by atoms with E-state index in [4.69, 9.17) is 17.1 Å². The van der Waals surface area contributed by atoms with Crippen LogP contribution in [-0.4, -0.2) is 45.7 Å². The minimum absolute atomic E-state index is 0.100. The first kappa shape index (κ1) is 24.1. The molecule has 1 aliphatic heterocycles. The summed E-state index contributed by atoms with van der Waals surface area (Å²) in [6.07, 6.45) is 1.10. The molecule has 1 fully saturated rings. The highest BCUT2D eigenvalue weighted by Crippen LogP contribution is 2.44. The zero-order valence-corrected chi connectivity index (χ0v) is 19.2. The van der Waals surface area contributed by atoms with Gasteiger partial charge < -0.3 is 19.9 Å². The SMILES string of the molecule is [B]c1c([C@H]2CNCC[C@]2(OC)c2ccc(F)c(F)c2)noc1-c1ccccc1CCNC(C)=O. The number of aromatic nitrogens is 1. The summed E-state index contributed by atoms with van der Waals surface area (Å²) in [5.74, 6) is -1.93. The topological polar surface area (TPSA) is 76.4 Å². The maximum Gasteiger partial charge on any atom is 0.216 e. The molecule has 0 saturated carbocycles. The molecular formula is C25H26BF2N3O3. The Labute approximate surface area is 198 Å². The fourth-order valence-electron chi connectivity index (χ4n) is 4.73. The molecule has 0 bridgehead atoms. The summed E-state index contributed by atoms with van der Waals surface area (Å²) in [4.78, 5) is 11.2. The van der Waals surface area contributed by atoms with E-state index in [1.807, 2.05) is 24.3 Å². The van der Waals surface area contributed by atoms with Gasteiger partial charge in [-0.05, 0) is 48.1 Å². The molecule has 6 nitrogen and oxygen atoms in total. The monoisotopic (exact) mass is 465 g/mol. The van der Waals surface area contributed by atoms with Crippen LogP contribution in [0.3, 0.4) is 0 Å². The Bertz CT molecular complexity index is 1190. The number of carbonyl (C=O) groups is 1. The van der Waals surface area contributed by atoms with Gasteiger partial charge in [-0.25, -0.2) is 8.78 Å². The van der Waals surface area contributed by atoms with Gasteiger partial charge in [0.05, 0.1) is 5.69 Å². The summed E-state index contributed by atoms with van der Waals surface area (Å²) in [5.41, 5.74) is 2.14. The molecular weight excluding hydrogens is 439 g/mol. The van der Waals surface area contributed by atoms with E-state index < -0.39 is 23.2 Å². The summed E-state index contributed by atoms with van der Waals surface area (Å²) in [6.45, 7) is 3.04. The molecule has 2 aromatic carbocycles. The third kappa shape index (κ3) is 4.50. The zero-order chi connectivity index (χ0) is 24.3. The van der Waals surface area contributed by atoms with Crippen LogP contribution in [0.15, 0.2) is 47.0 Å². The molecule has 0 aliphatic carbocycles. The fourth-order valence-corrected chi connectivity index (χ4v) is 4.73. The molecule has 4 rings (SSSR count). The van der Waals surface area contributed by atoms with E-state index in [2.05, 4.69) is 15.8 Å². The van der Waals surface area contributed by atoms with Gasteiger partial charge in [0.25, 0.3) is 0 Å². The van der Waals surface area contributed by atoms with Gasteiger partial charge in [-0.1, -0.05) is 35.5 Å². The molecule has 2 heterocycles. The van der Waals surface area contributed by atoms with Crippen LogP contribution in [-0.2, 0) is 21.6 Å². The quantitative estimate of drug-likeness (QED) is 0.525. The predicted octanol–water partition coefficient (Wildman–Crippen LogP) is 2.71. The van der Waals surface area contributed by atoms with Crippen LogP contribution in [0.5, 0.6) is 0 Å².